The smallest absolute Gasteiger partial charge is 0.253 e. The van der Waals surface area contributed by atoms with Gasteiger partial charge in [-0.15, -0.1) is 0 Å². The predicted molar refractivity (Wildman–Crippen MR) is 116 cm³/mol. The number of unbranched alkanes of at least 4 members (excludes halogenated alkanes) is 2. The molecule has 1 rings (SSSR count). The number of aryl methyl sites for hydroxylation is 1. The van der Waals surface area contributed by atoms with Crippen LogP contribution in [0.5, 0.6) is 0 Å². The van der Waals surface area contributed by atoms with E-state index in [1.807, 2.05) is 12.2 Å². The van der Waals surface area contributed by atoms with Crippen LogP contribution in [-0.4, -0.2) is 5.91 Å². The van der Waals surface area contributed by atoms with E-state index in [-0.39, 0.29) is 5.91 Å². The van der Waals surface area contributed by atoms with Crippen molar-refractivity contribution in [3.63, 3.8) is 0 Å². The molecule has 0 bridgehead atoms. The molecule has 1 aromatic rings. The highest BCUT2D eigenvalue weighted by Crippen LogP contribution is 2.12. The minimum Gasteiger partial charge on any atom is -0.402 e. The SMILES string of the molecule is CCCCCc1cccc(CNC(=O)C(/C=C\C(C)=C(C)CC)=C(/C)N)c1. The van der Waals surface area contributed by atoms with Gasteiger partial charge in [0, 0.05) is 12.2 Å². The number of carbonyl (C=O) groups excluding carboxylic acids is 1. The number of rotatable bonds is 10. The number of allylic oxidation sites excluding steroid dienone is 4. The van der Waals surface area contributed by atoms with E-state index in [2.05, 4.69) is 57.3 Å². The Labute approximate surface area is 165 Å². The monoisotopic (exact) mass is 368 g/mol. The van der Waals surface area contributed by atoms with Crippen molar-refractivity contribution in [3.8, 4) is 0 Å². The predicted octanol–water partition coefficient (Wildman–Crippen LogP) is 5.57. The van der Waals surface area contributed by atoms with Crippen molar-refractivity contribution < 1.29 is 4.79 Å². The molecule has 0 aliphatic rings. The number of amides is 1. The topological polar surface area (TPSA) is 55.1 Å². The maximum Gasteiger partial charge on any atom is 0.253 e. The van der Waals surface area contributed by atoms with Gasteiger partial charge in [0.1, 0.15) is 0 Å². The van der Waals surface area contributed by atoms with Gasteiger partial charge in [0.15, 0.2) is 0 Å². The molecule has 3 N–H and O–H groups in total. The molecule has 0 aliphatic carbocycles. The Morgan fingerprint density at radius 1 is 1.07 bits per heavy atom. The molecule has 0 spiro atoms. The molecule has 0 heterocycles. The molecule has 148 valence electrons. The molecule has 0 aliphatic heterocycles. The van der Waals surface area contributed by atoms with Crippen LogP contribution in [0.25, 0.3) is 0 Å². The van der Waals surface area contributed by atoms with E-state index in [0.29, 0.717) is 17.8 Å². The molecule has 0 saturated carbocycles. The third-order valence-corrected chi connectivity index (χ3v) is 4.89. The zero-order valence-electron chi connectivity index (χ0n) is 17.7. The summed E-state index contributed by atoms with van der Waals surface area (Å²) >= 11 is 0. The summed E-state index contributed by atoms with van der Waals surface area (Å²) in [5.74, 6) is -0.135. The number of benzene rings is 1. The van der Waals surface area contributed by atoms with E-state index in [4.69, 9.17) is 5.73 Å². The second-order valence-electron chi connectivity index (χ2n) is 7.21. The number of hydrogen-bond acceptors (Lipinski definition) is 2. The van der Waals surface area contributed by atoms with Crippen molar-refractivity contribution >= 4 is 5.91 Å². The van der Waals surface area contributed by atoms with Gasteiger partial charge in [0.2, 0.25) is 0 Å². The van der Waals surface area contributed by atoms with Gasteiger partial charge in [0.25, 0.3) is 5.91 Å². The lowest BCUT2D eigenvalue weighted by atomic mass is 10.0. The molecule has 3 nitrogen and oxygen atoms in total. The summed E-state index contributed by atoms with van der Waals surface area (Å²) in [7, 11) is 0. The Balaban J connectivity index is 2.75. The minimum atomic E-state index is -0.135. The van der Waals surface area contributed by atoms with E-state index in [1.165, 1.54) is 36.0 Å². The van der Waals surface area contributed by atoms with Crippen LogP contribution >= 0.6 is 0 Å². The fraction of sp³-hybridized carbons (Fsp3) is 0.458. The van der Waals surface area contributed by atoms with Crippen molar-refractivity contribution in [2.45, 2.75) is 73.3 Å². The van der Waals surface area contributed by atoms with E-state index in [0.717, 1.165) is 18.4 Å². The van der Waals surface area contributed by atoms with Gasteiger partial charge in [0.05, 0.1) is 5.57 Å². The van der Waals surface area contributed by atoms with Crippen molar-refractivity contribution in [2.75, 3.05) is 0 Å². The third-order valence-electron chi connectivity index (χ3n) is 4.89. The third kappa shape index (κ3) is 8.29. The molecule has 0 fully saturated rings. The lowest BCUT2D eigenvalue weighted by Gasteiger charge is -2.09. The molecule has 0 saturated heterocycles. The molecule has 0 aromatic heterocycles. The molecular weight excluding hydrogens is 332 g/mol. The first kappa shape index (κ1) is 22.8. The summed E-state index contributed by atoms with van der Waals surface area (Å²) in [6.45, 7) is 10.8. The molecular formula is C24H36N2O. The van der Waals surface area contributed by atoms with Crippen LogP contribution < -0.4 is 11.1 Å². The first-order chi connectivity index (χ1) is 12.9. The van der Waals surface area contributed by atoms with Crippen LogP contribution in [0, 0.1) is 0 Å². The largest absolute Gasteiger partial charge is 0.402 e. The fourth-order valence-corrected chi connectivity index (χ4v) is 2.77. The average molecular weight is 369 g/mol. The van der Waals surface area contributed by atoms with E-state index in [1.54, 1.807) is 6.92 Å². The number of nitrogens with one attached hydrogen (secondary N) is 1. The second kappa shape index (κ2) is 12.2. The van der Waals surface area contributed by atoms with Gasteiger partial charge >= 0.3 is 0 Å². The summed E-state index contributed by atoms with van der Waals surface area (Å²) in [5.41, 5.74) is 11.9. The Kier molecular flexibility index (Phi) is 10.2. The van der Waals surface area contributed by atoms with Crippen LogP contribution in [0.2, 0.25) is 0 Å². The average Bonchev–Trinajstić information content (AvgIpc) is 2.66. The maximum absolute atomic E-state index is 12.6. The summed E-state index contributed by atoms with van der Waals surface area (Å²) in [6.07, 6.45) is 9.57. The molecule has 27 heavy (non-hydrogen) atoms. The molecule has 0 radical (unpaired) electrons. The minimum absolute atomic E-state index is 0.135. The van der Waals surface area contributed by atoms with Gasteiger partial charge in [-0.3, -0.25) is 4.79 Å². The van der Waals surface area contributed by atoms with Gasteiger partial charge in [-0.2, -0.15) is 0 Å². The van der Waals surface area contributed by atoms with E-state index < -0.39 is 0 Å². The zero-order valence-corrected chi connectivity index (χ0v) is 17.7. The number of hydrogen-bond donors (Lipinski definition) is 2. The summed E-state index contributed by atoms with van der Waals surface area (Å²) in [6, 6.07) is 8.46. The second-order valence-corrected chi connectivity index (χ2v) is 7.21. The fourth-order valence-electron chi connectivity index (χ4n) is 2.77. The van der Waals surface area contributed by atoms with Crippen LogP contribution in [0.3, 0.4) is 0 Å². The van der Waals surface area contributed by atoms with Gasteiger partial charge in [-0.1, -0.05) is 68.2 Å². The van der Waals surface area contributed by atoms with Crippen molar-refractivity contribution in [1.29, 1.82) is 0 Å². The normalized spacial score (nSPS) is 13.4. The highest BCUT2D eigenvalue weighted by atomic mass is 16.1. The summed E-state index contributed by atoms with van der Waals surface area (Å²) in [4.78, 5) is 12.6. The molecule has 0 atom stereocenters. The van der Waals surface area contributed by atoms with Crippen molar-refractivity contribution in [2.24, 2.45) is 5.73 Å². The summed E-state index contributed by atoms with van der Waals surface area (Å²) in [5, 5.41) is 3.00. The van der Waals surface area contributed by atoms with Crippen molar-refractivity contribution in [1.82, 2.24) is 5.32 Å². The van der Waals surface area contributed by atoms with Gasteiger partial charge in [-0.25, -0.2) is 0 Å². The van der Waals surface area contributed by atoms with Crippen LogP contribution in [0.4, 0.5) is 0 Å². The van der Waals surface area contributed by atoms with Gasteiger partial charge in [-0.05, 0) is 57.2 Å². The molecule has 0 unspecified atom stereocenters. The Hall–Kier alpha value is -2.29. The standard InChI is InChI=1S/C24H36N2O/c1-6-8-9-11-21-12-10-13-22(16-21)17-26-24(27)23(20(5)25)15-14-19(4)18(3)7-2/h10,12-16H,6-9,11,17,25H2,1-5H3,(H,26,27)/b15-14-,19-18?,23-20-. The van der Waals surface area contributed by atoms with Crippen LogP contribution in [-0.2, 0) is 17.8 Å². The van der Waals surface area contributed by atoms with Crippen LogP contribution in [0.15, 0.2) is 58.8 Å². The highest BCUT2D eigenvalue weighted by Gasteiger charge is 2.09. The lowest BCUT2D eigenvalue weighted by Crippen LogP contribution is -2.25. The Morgan fingerprint density at radius 2 is 1.78 bits per heavy atom. The summed E-state index contributed by atoms with van der Waals surface area (Å²) < 4.78 is 0. The zero-order chi connectivity index (χ0) is 20.2. The molecule has 1 aromatic carbocycles. The lowest BCUT2D eigenvalue weighted by molar-refractivity contribution is -0.117. The van der Waals surface area contributed by atoms with Crippen LogP contribution in [0.1, 0.15) is 71.4 Å². The first-order valence-corrected chi connectivity index (χ1v) is 10.1. The molecule has 1 amide bonds. The van der Waals surface area contributed by atoms with E-state index in [9.17, 15) is 4.79 Å². The quantitative estimate of drug-likeness (QED) is 0.322. The number of carbonyl (C=O) groups is 1. The van der Waals surface area contributed by atoms with E-state index >= 15 is 0 Å². The van der Waals surface area contributed by atoms with Crippen molar-refractivity contribution in [3.05, 3.63) is 70.0 Å². The van der Waals surface area contributed by atoms with Gasteiger partial charge < -0.3 is 11.1 Å². The Bertz CT molecular complexity index is 707. The maximum atomic E-state index is 12.6. The Morgan fingerprint density at radius 3 is 2.41 bits per heavy atom. The first-order valence-electron chi connectivity index (χ1n) is 10.1. The molecule has 3 heteroatoms. The number of nitrogens with two attached hydrogens (primary N) is 1. The highest BCUT2D eigenvalue weighted by molar-refractivity contribution is 5.96.